The molecular weight excluding hydrogens is 281 g/mol. The Labute approximate surface area is 122 Å². The lowest BCUT2D eigenvalue weighted by atomic mass is 9.98. The van der Waals surface area contributed by atoms with Gasteiger partial charge in [0.15, 0.2) is 0 Å². The van der Waals surface area contributed by atoms with Gasteiger partial charge in [0.05, 0.1) is 11.7 Å². The van der Waals surface area contributed by atoms with Gasteiger partial charge in [-0.3, -0.25) is 4.90 Å². The quantitative estimate of drug-likeness (QED) is 0.929. The maximum absolute atomic E-state index is 12.7. The minimum Gasteiger partial charge on any atom is -0.381 e. The van der Waals surface area contributed by atoms with Crippen molar-refractivity contribution in [3.63, 3.8) is 0 Å². The lowest BCUT2D eigenvalue weighted by molar-refractivity contribution is -0.137. The van der Waals surface area contributed by atoms with Gasteiger partial charge < -0.3 is 10.5 Å². The molecule has 6 heteroatoms. The second-order valence-corrected chi connectivity index (χ2v) is 5.44. The van der Waals surface area contributed by atoms with Gasteiger partial charge in [-0.2, -0.15) is 13.2 Å². The number of hydrogen-bond acceptors (Lipinski definition) is 3. The average Bonchev–Trinajstić information content (AvgIpc) is 2.47. The van der Waals surface area contributed by atoms with Crippen molar-refractivity contribution in [1.82, 2.24) is 4.90 Å². The molecule has 0 amide bonds. The number of methoxy groups -OCH3 is 1. The SMILES string of the molecule is COC1CCN(Cc2cccc(C(F)(F)F)c2)C(CN)C1. The van der Waals surface area contributed by atoms with Crippen LogP contribution in [0.25, 0.3) is 0 Å². The van der Waals surface area contributed by atoms with Gasteiger partial charge in [0.25, 0.3) is 0 Å². The lowest BCUT2D eigenvalue weighted by Crippen LogP contribution is -2.47. The maximum atomic E-state index is 12.7. The highest BCUT2D eigenvalue weighted by Gasteiger charge is 2.31. The van der Waals surface area contributed by atoms with E-state index in [2.05, 4.69) is 4.90 Å². The lowest BCUT2D eigenvalue weighted by Gasteiger charge is -2.38. The summed E-state index contributed by atoms with van der Waals surface area (Å²) in [5.74, 6) is 0. The molecule has 21 heavy (non-hydrogen) atoms. The van der Waals surface area contributed by atoms with E-state index in [0.717, 1.165) is 25.5 Å². The van der Waals surface area contributed by atoms with E-state index >= 15 is 0 Å². The Morgan fingerprint density at radius 2 is 2.14 bits per heavy atom. The summed E-state index contributed by atoms with van der Waals surface area (Å²) in [7, 11) is 1.68. The zero-order valence-corrected chi connectivity index (χ0v) is 12.1. The summed E-state index contributed by atoms with van der Waals surface area (Å²) in [5.41, 5.74) is 5.85. The van der Waals surface area contributed by atoms with Crippen LogP contribution < -0.4 is 5.73 Å². The number of nitrogens with zero attached hydrogens (tertiary/aromatic N) is 1. The van der Waals surface area contributed by atoms with Crippen molar-refractivity contribution >= 4 is 0 Å². The Hall–Kier alpha value is -1.11. The molecule has 2 atom stereocenters. The minimum atomic E-state index is -4.30. The molecule has 0 aliphatic carbocycles. The van der Waals surface area contributed by atoms with Crippen molar-refractivity contribution in [3.8, 4) is 0 Å². The highest BCUT2D eigenvalue weighted by molar-refractivity contribution is 5.25. The van der Waals surface area contributed by atoms with Crippen LogP contribution in [0.2, 0.25) is 0 Å². The summed E-state index contributed by atoms with van der Waals surface area (Å²) < 4.78 is 43.6. The molecule has 1 fully saturated rings. The van der Waals surface area contributed by atoms with E-state index in [9.17, 15) is 13.2 Å². The second-order valence-electron chi connectivity index (χ2n) is 5.44. The number of likely N-dealkylation sites (tertiary alicyclic amines) is 1. The molecule has 1 aliphatic rings. The number of rotatable bonds is 4. The molecule has 1 aromatic rings. The molecule has 118 valence electrons. The molecule has 2 N–H and O–H groups in total. The molecule has 0 spiro atoms. The maximum Gasteiger partial charge on any atom is 0.416 e. The summed E-state index contributed by atoms with van der Waals surface area (Å²) in [6, 6.07) is 5.65. The zero-order valence-electron chi connectivity index (χ0n) is 12.1. The summed E-state index contributed by atoms with van der Waals surface area (Å²) in [6.07, 6.45) is -2.40. The Balaban J connectivity index is 2.07. The first kappa shape index (κ1) is 16.3. The van der Waals surface area contributed by atoms with E-state index in [-0.39, 0.29) is 12.1 Å². The fourth-order valence-electron chi connectivity index (χ4n) is 2.81. The molecule has 0 saturated carbocycles. The molecule has 2 unspecified atom stereocenters. The third-order valence-electron chi connectivity index (χ3n) is 4.04. The zero-order chi connectivity index (χ0) is 15.5. The van der Waals surface area contributed by atoms with Crippen LogP contribution in [0.1, 0.15) is 24.0 Å². The van der Waals surface area contributed by atoms with Crippen LogP contribution in [-0.2, 0) is 17.5 Å². The average molecular weight is 302 g/mol. The van der Waals surface area contributed by atoms with Crippen LogP contribution in [0, 0.1) is 0 Å². The molecule has 3 nitrogen and oxygen atoms in total. The number of alkyl halides is 3. The van der Waals surface area contributed by atoms with Crippen molar-refractivity contribution in [1.29, 1.82) is 0 Å². The van der Waals surface area contributed by atoms with Crippen LogP contribution in [0.15, 0.2) is 24.3 Å². The van der Waals surface area contributed by atoms with Crippen LogP contribution >= 0.6 is 0 Å². The molecule has 1 aliphatic heterocycles. The van der Waals surface area contributed by atoms with Gasteiger partial charge in [-0.1, -0.05) is 18.2 Å². The Morgan fingerprint density at radius 1 is 1.38 bits per heavy atom. The van der Waals surface area contributed by atoms with Gasteiger partial charge in [0, 0.05) is 32.8 Å². The number of hydrogen-bond donors (Lipinski definition) is 1. The third-order valence-corrected chi connectivity index (χ3v) is 4.04. The number of piperidine rings is 1. The number of nitrogens with two attached hydrogens (primary N) is 1. The first-order valence-electron chi connectivity index (χ1n) is 7.07. The highest BCUT2D eigenvalue weighted by atomic mass is 19.4. The van der Waals surface area contributed by atoms with Crippen molar-refractivity contribution in [2.75, 3.05) is 20.2 Å². The Morgan fingerprint density at radius 3 is 2.76 bits per heavy atom. The summed E-state index contributed by atoms with van der Waals surface area (Å²) >= 11 is 0. The van der Waals surface area contributed by atoms with E-state index in [1.54, 1.807) is 13.2 Å². The topological polar surface area (TPSA) is 38.5 Å². The van der Waals surface area contributed by atoms with E-state index in [4.69, 9.17) is 10.5 Å². The smallest absolute Gasteiger partial charge is 0.381 e. The van der Waals surface area contributed by atoms with Crippen LogP contribution in [0.4, 0.5) is 13.2 Å². The molecule has 0 bridgehead atoms. The predicted molar refractivity (Wildman–Crippen MR) is 74.7 cm³/mol. The van der Waals surface area contributed by atoms with Crippen molar-refractivity contribution in [2.24, 2.45) is 5.73 Å². The molecule has 0 radical (unpaired) electrons. The molecular formula is C15H21F3N2O. The third kappa shape index (κ3) is 4.18. The van der Waals surface area contributed by atoms with Crippen molar-refractivity contribution < 1.29 is 17.9 Å². The van der Waals surface area contributed by atoms with Crippen molar-refractivity contribution in [2.45, 2.75) is 37.7 Å². The summed E-state index contributed by atoms with van der Waals surface area (Å²) in [6.45, 7) is 1.76. The number of benzene rings is 1. The monoisotopic (exact) mass is 302 g/mol. The molecule has 0 aromatic heterocycles. The van der Waals surface area contributed by atoms with Gasteiger partial charge in [0.1, 0.15) is 0 Å². The summed E-state index contributed by atoms with van der Waals surface area (Å²) in [5, 5.41) is 0. The molecule has 1 heterocycles. The van der Waals surface area contributed by atoms with E-state index < -0.39 is 11.7 Å². The van der Waals surface area contributed by atoms with Crippen LogP contribution in [0.5, 0.6) is 0 Å². The van der Waals surface area contributed by atoms with Gasteiger partial charge in [-0.25, -0.2) is 0 Å². The fourth-order valence-corrected chi connectivity index (χ4v) is 2.81. The second kappa shape index (κ2) is 6.77. The van der Waals surface area contributed by atoms with E-state index in [1.165, 1.54) is 12.1 Å². The normalized spacial score (nSPS) is 24.2. The standard InChI is InChI=1S/C15H21F3N2O/c1-21-14-5-6-20(13(8-14)9-19)10-11-3-2-4-12(7-11)15(16,17)18/h2-4,7,13-14H,5-6,8-10,19H2,1H3. The number of ether oxygens (including phenoxy) is 1. The Kier molecular flexibility index (Phi) is 5.24. The summed E-state index contributed by atoms with van der Waals surface area (Å²) in [4.78, 5) is 2.14. The minimum absolute atomic E-state index is 0.151. The van der Waals surface area contributed by atoms with Gasteiger partial charge in [0.2, 0.25) is 0 Å². The van der Waals surface area contributed by atoms with Crippen LogP contribution in [0.3, 0.4) is 0 Å². The van der Waals surface area contributed by atoms with Crippen LogP contribution in [-0.4, -0.2) is 37.2 Å². The predicted octanol–water partition coefficient (Wildman–Crippen LogP) is 2.64. The van der Waals surface area contributed by atoms with Gasteiger partial charge in [-0.05, 0) is 24.5 Å². The Bertz CT molecular complexity index is 464. The highest BCUT2D eigenvalue weighted by Crippen LogP contribution is 2.30. The van der Waals surface area contributed by atoms with Gasteiger partial charge >= 0.3 is 6.18 Å². The molecule has 1 saturated heterocycles. The van der Waals surface area contributed by atoms with Gasteiger partial charge in [-0.15, -0.1) is 0 Å². The van der Waals surface area contributed by atoms with E-state index in [1.807, 2.05) is 0 Å². The van der Waals surface area contributed by atoms with Crippen molar-refractivity contribution in [3.05, 3.63) is 35.4 Å². The fraction of sp³-hybridized carbons (Fsp3) is 0.600. The first-order valence-corrected chi connectivity index (χ1v) is 7.07. The molecule has 1 aromatic carbocycles. The largest absolute Gasteiger partial charge is 0.416 e. The molecule has 2 rings (SSSR count). The first-order chi connectivity index (χ1) is 9.94. The number of halogens is 3. The van der Waals surface area contributed by atoms with E-state index in [0.29, 0.717) is 18.7 Å².